The molecule has 1 saturated carbocycles. The van der Waals surface area contributed by atoms with Crippen LogP contribution in [0.1, 0.15) is 45.0 Å². The number of aromatic hydroxyl groups is 3. The summed E-state index contributed by atoms with van der Waals surface area (Å²) in [5.41, 5.74) is 0.291. The highest BCUT2D eigenvalue weighted by Crippen LogP contribution is 2.59. The van der Waals surface area contributed by atoms with E-state index in [4.69, 9.17) is 4.74 Å². The van der Waals surface area contributed by atoms with Gasteiger partial charge in [0.05, 0.1) is 45.7 Å². The topological polar surface area (TPSA) is 219 Å². The Morgan fingerprint density at radius 3 is 1.80 bits per heavy atom. The van der Waals surface area contributed by atoms with Gasteiger partial charge in [-0.05, 0) is 83.3 Å². The molecule has 256 valence electrons. The van der Waals surface area contributed by atoms with E-state index >= 15 is 0 Å². The van der Waals surface area contributed by atoms with Crippen LogP contribution in [0.4, 0.5) is 11.4 Å². The molecule has 2 aliphatic carbocycles. The number of allylic oxidation sites excluding steroid dienone is 2. The Hall–Kier alpha value is -5.45. The van der Waals surface area contributed by atoms with Crippen LogP contribution in [0.25, 0.3) is 0 Å². The van der Waals surface area contributed by atoms with Crippen LogP contribution < -0.4 is 14.5 Å². The van der Waals surface area contributed by atoms with Crippen LogP contribution in [-0.4, -0.2) is 68.2 Å². The minimum absolute atomic E-state index is 0.00979. The van der Waals surface area contributed by atoms with Gasteiger partial charge in [-0.2, -0.15) is 0 Å². The van der Waals surface area contributed by atoms with Crippen molar-refractivity contribution in [3.63, 3.8) is 0 Å². The van der Waals surface area contributed by atoms with E-state index in [1.54, 1.807) is 12.1 Å². The van der Waals surface area contributed by atoms with Crippen molar-refractivity contribution in [3.05, 3.63) is 80.4 Å². The third kappa shape index (κ3) is 4.81. The first-order chi connectivity index (χ1) is 23.7. The number of phenolic OH excluding ortho intramolecular Hbond substituents is 1. The summed E-state index contributed by atoms with van der Waals surface area (Å²) in [5.74, 6) is -11.8. The quantitative estimate of drug-likeness (QED) is 0.137. The molecule has 15 heteroatoms. The van der Waals surface area contributed by atoms with E-state index in [1.807, 2.05) is 28.7 Å². The SMILES string of the molecule is COc1cc([C@H]2C3=CC[C@@H]4C(=O)N(c5ccc(C(=O)O)c(O)c5)C(=O)[C@@H]4[C@@H]3C[C@H]3C(=O)N(c4ccc(C(=O)O)c(O)c4)C(=O)[C@@H]23)cc(I)c1O. The van der Waals surface area contributed by atoms with E-state index in [-0.39, 0.29) is 35.7 Å². The molecule has 0 aromatic heterocycles. The van der Waals surface area contributed by atoms with Crippen molar-refractivity contribution in [2.45, 2.75) is 18.8 Å². The van der Waals surface area contributed by atoms with Crippen molar-refractivity contribution in [2.75, 3.05) is 16.9 Å². The molecule has 6 atom stereocenters. The number of rotatable bonds is 6. The summed E-state index contributed by atoms with van der Waals surface area (Å²) in [6.07, 6.45) is 1.94. The first-order valence-corrected chi connectivity index (χ1v) is 16.5. The van der Waals surface area contributed by atoms with Crippen LogP contribution in [0, 0.1) is 33.2 Å². The summed E-state index contributed by atoms with van der Waals surface area (Å²) in [6, 6.07) is 9.98. The zero-order chi connectivity index (χ0) is 35.9. The lowest BCUT2D eigenvalue weighted by molar-refractivity contribution is -0.126. The number of halogens is 1. The molecule has 0 spiro atoms. The maximum atomic E-state index is 14.3. The van der Waals surface area contributed by atoms with Gasteiger partial charge in [-0.1, -0.05) is 11.6 Å². The van der Waals surface area contributed by atoms with Gasteiger partial charge in [0.2, 0.25) is 23.6 Å². The average Bonchev–Trinajstić information content (AvgIpc) is 3.47. The molecular formula is C35H27IN2O12. The summed E-state index contributed by atoms with van der Waals surface area (Å²) in [6.45, 7) is 0. The minimum Gasteiger partial charge on any atom is -0.507 e. The number of anilines is 2. The highest BCUT2D eigenvalue weighted by atomic mass is 127. The largest absolute Gasteiger partial charge is 0.507 e. The molecule has 7 rings (SSSR count). The number of hydrogen-bond donors (Lipinski definition) is 5. The number of aromatic carboxylic acids is 2. The molecular weight excluding hydrogens is 767 g/mol. The summed E-state index contributed by atoms with van der Waals surface area (Å²) < 4.78 is 5.81. The van der Waals surface area contributed by atoms with Crippen molar-refractivity contribution in [1.29, 1.82) is 0 Å². The summed E-state index contributed by atoms with van der Waals surface area (Å²) in [5, 5.41) is 50.1. The van der Waals surface area contributed by atoms with Crippen molar-refractivity contribution in [3.8, 4) is 23.0 Å². The lowest BCUT2D eigenvalue weighted by atomic mass is 9.57. The highest BCUT2D eigenvalue weighted by molar-refractivity contribution is 14.1. The highest BCUT2D eigenvalue weighted by Gasteiger charge is 2.62. The zero-order valence-electron chi connectivity index (χ0n) is 25.9. The van der Waals surface area contributed by atoms with Crippen LogP contribution in [0.5, 0.6) is 23.0 Å². The van der Waals surface area contributed by atoms with Crippen LogP contribution in [-0.2, 0) is 19.2 Å². The second-order valence-electron chi connectivity index (χ2n) is 12.6. The number of amides is 4. The van der Waals surface area contributed by atoms with E-state index in [2.05, 4.69) is 0 Å². The number of carboxylic acid groups (broad SMARTS) is 2. The molecule has 2 heterocycles. The Labute approximate surface area is 296 Å². The molecule has 14 nitrogen and oxygen atoms in total. The number of carboxylic acids is 2. The standard InChI is InChI=1S/C35H27IN2O12/c1-50-25-9-13(8-22(36)29(25)41)26-16-6-7-19-27(32(44)37(30(19)42)14-2-4-17(34(46)47)23(39)10-14)20(16)12-21-28(26)33(45)38(31(21)43)15-3-5-18(35(48)49)24(40)11-15/h2-6,8-11,19-21,26-28,39-41H,7,12H2,1H3,(H,46,47)(H,48,49)/t19-,20+,21+,26-,27-,28+/m0/s1. The van der Waals surface area contributed by atoms with Crippen LogP contribution in [0.15, 0.2) is 60.2 Å². The third-order valence-corrected chi connectivity index (χ3v) is 11.0. The van der Waals surface area contributed by atoms with E-state index in [0.29, 0.717) is 14.7 Å². The average molecular weight is 795 g/mol. The van der Waals surface area contributed by atoms with E-state index in [1.165, 1.54) is 19.2 Å². The van der Waals surface area contributed by atoms with Crippen molar-refractivity contribution in [2.24, 2.45) is 29.6 Å². The number of benzene rings is 3. The van der Waals surface area contributed by atoms with Crippen molar-refractivity contribution in [1.82, 2.24) is 0 Å². The Kier molecular flexibility index (Phi) is 7.84. The fraction of sp³-hybridized carbons (Fsp3) is 0.257. The summed E-state index contributed by atoms with van der Waals surface area (Å²) >= 11 is 1.92. The normalized spacial score (nSPS) is 25.6. The lowest BCUT2D eigenvalue weighted by Gasteiger charge is -2.44. The fourth-order valence-electron chi connectivity index (χ4n) is 8.08. The fourth-order valence-corrected chi connectivity index (χ4v) is 8.71. The van der Waals surface area contributed by atoms with Gasteiger partial charge in [-0.25, -0.2) is 19.4 Å². The third-order valence-electron chi connectivity index (χ3n) is 10.2. The van der Waals surface area contributed by atoms with Gasteiger partial charge in [0.15, 0.2) is 11.5 Å². The van der Waals surface area contributed by atoms with E-state index < -0.39 is 93.7 Å². The maximum absolute atomic E-state index is 14.3. The van der Waals surface area contributed by atoms with E-state index in [0.717, 1.165) is 34.1 Å². The Bertz CT molecular complexity index is 2110. The molecule has 4 aliphatic rings. The molecule has 0 unspecified atom stereocenters. The van der Waals surface area contributed by atoms with Gasteiger partial charge in [-0.15, -0.1) is 0 Å². The monoisotopic (exact) mass is 794 g/mol. The second kappa shape index (κ2) is 11.9. The number of carbonyl (C=O) groups excluding carboxylic acids is 4. The van der Waals surface area contributed by atoms with Gasteiger partial charge in [0.25, 0.3) is 0 Å². The van der Waals surface area contributed by atoms with Gasteiger partial charge in [0.1, 0.15) is 22.6 Å². The molecule has 3 aromatic carbocycles. The lowest BCUT2D eigenvalue weighted by Crippen LogP contribution is -2.43. The number of phenols is 3. The number of ether oxygens (including phenoxy) is 1. The number of fused-ring (bicyclic) bond motifs is 4. The molecule has 50 heavy (non-hydrogen) atoms. The molecule has 3 aromatic rings. The van der Waals surface area contributed by atoms with Crippen LogP contribution in [0.2, 0.25) is 0 Å². The predicted octanol–water partition coefficient (Wildman–Crippen LogP) is 3.86. The van der Waals surface area contributed by atoms with Crippen molar-refractivity contribution >= 4 is 69.5 Å². The molecule has 0 bridgehead atoms. The second-order valence-corrected chi connectivity index (χ2v) is 13.8. The van der Waals surface area contributed by atoms with E-state index in [9.17, 15) is 54.3 Å². The number of methoxy groups -OCH3 is 1. The molecule has 4 amide bonds. The number of imide groups is 2. The maximum Gasteiger partial charge on any atom is 0.339 e. The van der Waals surface area contributed by atoms with Crippen LogP contribution in [0.3, 0.4) is 0 Å². The van der Waals surface area contributed by atoms with Crippen LogP contribution >= 0.6 is 22.6 Å². The predicted molar refractivity (Wildman–Crippen MR) is 180 cm³/mol. The summed E-state index contributed by atoms with van der Waals surface area (Å²) in [4.78, 5) is 81.4. The number of hydrogen-bond acceptors (Lipinski definition) is 10. The van der Waals surface area contributed by atoms with Gasteiger partial charge in [-0.3, -0.25) is 19.2 Å². The molecule has 0 radical (unpaired) electrons. The molecule has 2 aliphatic heterocycles. The molecule has 2 saturated heterocycles. The van der Waals surface area contributed by atoms with Gasteiger partial charge < -0.3 is 30.3 Å². The molecule has 5 N–H and O–H groups in total. The number of nitrogens with zero attached hydrogens (tertiary/aromatic N) is 2. The van der Waals surface area contributed by atoms with Gasteiger partial charge in [0, 0.05) is 18.1 Å². The zero-order valence-corrected chi connectivity index (χ0v) is 28.1. The first-order valence-electron chi connectivity index (χ1n) is 15.4. The Balaban J connectivity index is 1.34. The van der Waals surface area contributed by atoms with Crippen molar-refractivity contribution < 1.29 is 59.0 Å². The Morgan fingerprint density at radius 2 is 1.28 bits per heavy atom. The molecule has 3 fully saturated rings. The summed E-state index contributed by atoms with van der Waals surface area (Å²) in [7, 11) is 1.36. The smallest absolute Gasteiger partial charge is 0.339 e. The first kappa shape index (κ1) is 33.1. The number of carbonyl (C=O) groups is 6. The Morgan fingerprint density at radius 1 is 0.740 bits per heavy atom. The minimum atomic E-state index is -1.40. The van der Waals surface area contributed by atoms with Gasteiger partial charge >= 0.3 is 11.9 Å².